The molecule has 3 aromatic rings. The van der Waals surface area contributed by atoms with Crippen molar-refractivity contribution in [2.45, 2.75) is 20.0 Å². The van der Waals surface area contributed by atoms with Gasteiger partial charge in [-0.05, 0) is 32.0 Å². The summed E-state index contributed by atoms with van der Waals surface area (Å²) in [6.45, 7) is 3.07. The number of anilines is 1. The predicted molar refractivity (Wildman–Crippen MR) is 111 cm³/mol. The number of carbonyl (C=O) groups is 2. The van der Waals surface area contributed by atoms with Gasteiger partial charge >= 0.3 is 5.97 Å². The molecule has 1 atom stereocenters. The van der Waals surface area contributed by atoms with Gasteiger partial charge in [-0.25, -0.2) is 4.79 Å². The van der Waals surface area contributed by atoms with Crippen LogP contribution < -0.4 is 5.32 Å². The molecule has 3 rings (SSSR count). The highest BCUT2D eigenvalue weighted by molar-refractivity contribution is 5.99. The van der Waals surface area contributed by atoms with Crippen LogP contribution in [0.5, 0.6) is 0 Å². The van der Waals surface area contributed by atoms with E-state index in [1.165, 1.54) is 25.1 Å². The van der Waals surface area contributed by atoms with E-state index in [1.54, 1.807) is 25.1 Å². The third-order valence-electron chi connectivity index (χ3n) is 4.39. The molecule has 1 N–H and O–H groups in total. The van der Waals surface area contributed by atoms with Crippen LogP contribution in [0.3, 0.4) is 0 Å². The molecule has 152 valence electrons. The summed E-state index contributed by atoms with van der Waals surface area (Å²) in [7, 11) is 0. The Kier molecular flexibility index (Phi) is 6.17. The largest absolute Gasteiger partial charge is 0.449 e. The maximum absolute atomic E-state index is 12.5. The molecule has 1 unspecified atom stereocenters. The summed E-state index contributed by atoms with van der Waals surface area (Å²) in [6.07, 6.45) is -1.16. The van der Waals surface area contributed by atoms with E-state index in [0.29, 0.717) is 11.4 Å². The summed E-state index contributed by atoms with van der Waals surface area (Å²) < 4.78 is 5.24. The Labute approximate surface area is 172 Å². The molecule has 0 aliphatic carbocycles. The van der Waals surface area contributed by atoms with Gasteiger partial charge in [-0.3, -0.25) is 19.9 Å². The Balaban J connectivity index is 1.70. The van der Waals surface area contributed by atoms with Crippen LogP contribution in [0, 0.1) is 17.0 Å². The number of nitro groups is 1. The quantitative estimate of drug-likeness (QED) is 0.375. The fraction of sp³-hybridized carbons (Fsp3) is 0.136. The first kappa shape index (κ1) is 20.7. The number of carbonyl (C=O) groups excluding carboxylic acids is 2. The summed E-state index contributed by atoms with van der Waals surface area (Å²) in [5, 5.41) is 13.5. The summed E-state index contributed by atoms with van der Waals surface area (Å²) in [6, 6.07) is 18.5. The first-order chi connectivity index (χ1) is 14.4. The van der Waals surface area contributed by atoms with E-state index < -0.39 is 22.9 Å². The van der Waals surface area contributed by atoms with Crippen molar-refractivity contribution >= 4 is 23.3 Å². The maximum Gasteiger partial charge on any atom is 0.340 e. The molecule has 2 aromatic carbocycles. The molecule has 1 aromatic heterocycles. The van der Waals surface area contributed by atoms with Crippen molar-refractivity contribution in [2.75, 3.05) is 5.32 Å². The van der Waals surface area contributed by atoms with Crippen LogP contribution in [-0.2, 0) is 9.53 Å². The maximum atomic E-state index is 12.5. The van der Waals surface area contributed by atoms with Crippen molar-refractivity contribution in [1.82, 2.24) is 4.98 Å². The lowest BCUT2D eigenvalue weighted by Crippen LogP contribution is -2.30. The van der Waals surface area contributed by atoms with Gasteiger partial charge in [-0.1, -0.05) is 42.5 Å². The zero-order valence-electron chi connectivity index (χ0n) is 16.4. The fourth-order valence-electron chi connectivity index (χ4n) is 2.80. The molecular formula is C22H19N3O5. The van der Waals surface area contributed by atoms with Crippen molar-refractivity contribution in [1.29, 1.82) is 0 Å². The smallest absolute Gasteiger partial charge is 0.340 e. The van der Waals surface area contributed by atoms with Crippen molar-refractivity contribution < 1.29 is 19.2 Å². The molecule has 8 heteroatoms. The standard InChI is InChI=1S/C22H19N3O5/c1-14-17(12-13-18(23-14)16-8-4-3-5-9-16)22(27)30-15(2)21(26)24-19-10-6-7-11-20(19)25(28)29/h3-13,15H,1-2H3,(H,24,26). The number of nitrogens with one attached hydrogen (secondary N) is 1. The van der Waals surface area contributed by atoms with E-state index in [2.05, 4.69) is 10.3 Å². The first-order valence-corrected chi connectivity index (χ1v) is 9.15. The van der Waals surface area contributed by atoms with E-state index in [-0.39, 0.29) is 16.9 Å². The van der Waals surface area contributed by atoms with Gasteiger partial charge in [0.2, 0.25) is 0 Å². The van der Waals surface area contributed by atoms with E-state index >= 15 is 0 Å². The van der Waals surface area contributed by atoms with Gasteiger partial charge in [0.15, 0.2) is 6.10 Å². The Hall–Kier alpha value is -4.07. The number of nitro benzene ring substituents is 1. The number of aryl methyl sites for hydroxylation is 1. The molecule has 0 aliphatic heterocycles. The normalized spacial score (nSPS) is 11.4. The Morgan fingerprint density at radius 1 is 1.03 bits per heavy atom. The van der Waals surface area contributed by atoms with Crippen LogP contribution in [0.15, 0.2) is 66.7 Å². The van der Waals surface area contributed by atoms with Gasteiger partial charge in [0.25, 0.3) is 11.6 Å². The second kappa shape index (κ2) is 8.95. The number of nitrogens with zero attached hydrogens (tertiary/aromatic N) is 2. The summed E-state index contributed by atoms with van der Waals surface area (Å²) in [5.74, 6) is -1.38. The lowest BCUT2D eigenvalue weighted by Gasteiger charge is -2.14. The van der Waals surface area contributed by atoms with Gasteiger partial charge in [0.05, 0.1) is 21.9 Å². The summed E-state index contributed by atoms with van der Waals surface area (Å²) >= 11 is 0. The van der Waals surface area contributed by atoms with Gasteiger partial charge in [-0.15, -0.1) is 0 Å². The van der Waals surface area contributed by atoms with E-state index in [0.717, 1.165) is 5.56 Å². The third-order valence-corrected chi connectivity index (χ3v) is 4.39. The minimum Gasteiger partial charge on any atom is -0.449 e. The van der Waals surface area contributed by atoms with Gasteiger partial charge in [0.1, 0.15) is 5.69 Å². The number of hydrogen-bond donors (Lipinski definition) is 1. The highest BCUT2D eigenvalue weighted by atomic mass is 16.6. The number of para-hydroxylation sites is 2. The monoisotopic (exact) mass is 405 g/mol. The van der Waals surface area contributed by atoms with Crippen LogP contribution in [-0.4, -0.2) is 27.9 Å². The van der Waals surface area contributed by atoms with Crippen LogP contribution in [0.25, 0.3) is 11.3 Å². The molecule has 0 saturated heterocycles. The van der Waals surface area contributed by atoms with Crippen LogP contribution in [0.2, 0.25) is 0 Å². The minimum absolute atomic E-state index is 0.0282. The van der Waals surface area contributed by atoms with Gasteiger partial charge in [-0.2, -0.15) is 0 Å². The number of hydrogen-bond acceptors (Lipinski definition) is 6. The molecule has 0 saturated carbocycles. The Bertz CT molecular complexity index is 1100. The van der Waals surface area contributed by atoms with E-state index in [1.807, 2.05) is 30.3 Å². The van der Waals surface area contributed by atoms with Gasteiger partial charge in [0, 0.05) is 11.6 Å². The molecule has 0 fully saturated rings. The average Bonchev–Trinajstić information content (AvgIpc) is 2.74. The second-order valence-corrected chi connectivity index (χ2v) is 6.51. The number of benzene rings is 2. The van der Waals surface area contributed by atoms with Crippen molar-refractivity contribution in [3.05, 3.63) is 88.1 Å². The molecule has 1 amide bonds. The minimum atomic E-state index is -1.16. The number of rotatable bonds is 6. The van der Waals surface area contributed by atoms with Crippen molar-refractivity contribution in [2.24, 2.45) is 0 Å². The van der Waals surface area contributed by atoms with Gasteiger partial charge < -0.3 is 10.1 Å². The Morgan fingerprint density at radius 3 is 2.37 bits per heavy atom. The Morgan fingerprint density at radius 2 is 1.70 bits per heavy atom. The lowest BCUT2D eigenvalue weighted by molar-refractivity contribution is -0.383. The number of esters is 1. The summed E-state index contributed by atoms with van der Waals surface area (Å²) in [5.41, 5.74) is 2.11. The SMILES string of the molecule is Cc1nc(-c2ccccc2)ccc1C(=O)OC(C)C(=O)Nc1ccccc1[N+](=O)[O-]. The average molecular weight is 405 g/mol. The zero-order valence-corrected chi connectivity index (χ0v) is 16.4. The highest BCUT2D eigenvalue weighted by Crippen LogP contribution is 2.24. The molecule has 0 aliphatic rings. The highest BCUT2D eigenvalue weighted by Gasteiger charge is 2.23. The summed E-state index contributed by atoms with van der Waals surface area (Å²) in [4.78, 5) is 39.8. The number of aromatic nitrogens is 1. The molecule has 30 heavy (non-hydrogen) atoms. The first-order valence-electron chi connectivity index (χ1n) is 9.15. The molecule has 8 nitrogen and oxygen atoms in total. The van der Waals surface area contributed by atoms with Crippen molar-refractivity contribution in [3.63, 3.8) is 0 Å². The van der Waals surface area contributed by atoms with Crippen LogP contribution >= 0.6 is 0 Å². The predicted octanol–water partition coefficient (Wildman–Crippen LogP) is 4.15. The second-order valence-electron chi connectivity index (χ2n) is 6.51. The van der Waals surface area contributed by atoms with E-state index in [9.17, 15) is 19.7 Å². The van der Waals surface area contributed by atoms with Crippen molar-refractivity contribution in [3.8, 4) is 11.3 Å². The molecule has 0 spiro atoms. The topological polar surface area (TPSA) is 111 Å². The lowest BCUT2D eigenvalue weighted by atomic mass is 10.1. The molecule has 0 radical (unpaired) electrons. The zero-order chi connectivity index (χ0) is 21.7. The van der Waals surface area contributed by atoms with Crippen LogP contribution in [0.1, 0.15) is 23.0 Å². The number of pyridine rings is 1. The molecular weight excluding hydrogens is 386 g/mol. The molecule has 0 bridgehead atoms. The number of ether oxygens (including phenoxy) is 1. The van der Waals surface area contributed by atoms with Crippen LogP contribution in [0.4, 0.5) is 11.4 Å². The third kappa shape index (κ3) is 4.67. The number of amides is 1. The fourth-order valence-corrected chi connectivity index (χ4v) is 2.80. The van der Waals surface area contributed by atoms with E-state index in [4.69, 9.17) is 4.74 Å². The molecule has 1 heterocycles.